The number of ether oxygens (including phenoxy) is 1. The van der Waals surface area contributed by atoms with E-state index in [1.807, 2.05) is 13.8 Å². The van der Waals surface area contributed by atoms with E-state index in [0.29, 0.717) is 0 Å². The smallest absolute Gasteiger partial charge is 0.326 e. The minimum absolute atomic E-state index is 0.0473. The van der Waals surface area contributed by atoms with Crippen molar-refractivity contribution in [3.63, 3.8) is 0 Å². The van der Waals surface area contributed by atoms with Crippen molar-refractivity contribution in [2.24, 2.45) is 5.92 Å². The van der Waals surface area contributed by atoms with E-state index in [1.165, 1.54) is 38.1 Å². The van der Waals surface area contributed by atoms with Gasteiger partial charge in [0, 0.05) is 5.56 Å². The first-order valence-corrected chi connectivity index (χ1v) is 9.50. The van der Waals surface area contributed by atoms with Gasteiger partial charge in [0.1, 0.15) is 23.9 Å². The molecule has 1 heterocycles. The van der Waals surface area contributed by atoms with Gasteiger partial charge in [-0.1, -0.05) is 19.9 Å². The maximum absolute atomic E-state index is 12.4. The van der Waals surface area contributed by atoms with Crippen LogP contribution in [0.15, 0.2) is 36.0 Å². The Balaban J connectivity index is 1.94. The number of nitrogens with one attached hydrogen (secondary N) is 3. The van der Waals surface area contributed by atoms with Crippen molar-refractivity contribution < 1.29 is 29.1 Å². The summed E-state index contributed by atoms with van der Waals surface area (Å²) in [5.74, 6) is -2.39. The van der Waals surface area contributed by atoms with E-state index in [-0.39, 0.29) is 28.1 Å². The molecule has 11 heteroatoms. The molecule has 11 nitrogen and oxygen atoms in total. The lowest BCUT2D eigenvalue weighted by molar-refractivity contribution is -0.162. The predicted octanol–water partition coefficient (Wildman–Crippen LogP) is 0.586. The quantitative estimate of drug-likeness (QED) is 0.276. The topological polar surface area (TPSA) is 160 Å². The number of anilines is 1. The molecular weight excluding hydrogens is 408 g/mol. The Labute approximate surface area is 179 Å². The Morgan fingerprint density at radius 1 is 1.29 bits per heavy atom. The van der Waals surface area contributed by atoms with Gasteiger partial charge < -0.3 is 31.1 Å². The summed E-state index contributed by atoms with van der Waals surface area (Å²) in [5, 5.41) is 26.6. The molecule has 3 amide bonds. The summed E-state index contributed by atoms with van der Waals surface area (Å²) in [5.41, 5.74) is -1.15. The highest BCUT2D eigenvalue weighted by molar-refractivity contribution is 6.05. The van der Waals surface area contributed by atoms with Gasteiger partial charge in [-0.25, -0.2) is 0 Å². The minimum atomic E-state index is -1.38. The SMILES string of the molecule is CC(C)C=C1NC(=O)C(C(C)(C)OC(=O)CNC(=O)c2ccc(N([O-])O)cc2)NC1=O. The van der Waals surface area contributed by atoms with Crippen LogP contribution in [0.3, 0.4) is 0 Å². The summed E-state index contributed by atoms with van der Waals surface area (Å²) in [6, 6.07) is 3.94. The van der Waals surface area contributed by atoms with Crippen molar-refractivity contribution in [2.75, 3.05) is 11.8 Å². The molecule has 168 valence electrons. The van der Waals surface area contributed by atoms with E-state index >= 15 is 0 Å². The summed E-state index contributed by atoms with van der Waals surface area (Å²) in [4.78, 5) is 49.0. The molecule has 0 spiro atoms. The van der Waals surface area contributed by atoms with Crippen LogP contribution in [0.1, 0.15) is 38.1 Å². The Hall–Kier alpha value is -3.44. The van der Waals surface area contributed by atoms with Gasteiger partial charge in [0.2, 0.25) is 0 Å². The fourth-order valence-electron chi connectivity index (χ4n) is 2.86. The zero-order valence-electron chi connectivity index (χ0n) is 17.6. The van der Waals surface area contributed by atoms with Crippen molar-refractivity contribution in [3.8, 4) is 0 Å². The molecule has 4 N–H and O–H groups in total. The molecule has 1 aromatic rings. The summed E-state index contributed by atoms with van der Waals surface area (Å²) in [6.07, 6.45) is 1.61. The standard InChI is InChI=1S/C20H25N4O7/c1-11(2)9-14-18(27)23-16(19(28)22-14)20(3,4)31-15(25)10-21-17(26)12-5-7-13(8-6-12)24(29)30/h5-9,11,16,29H,10H2,1-4H3,(H,21,26)(H,22,28)(H,23,27)/q-1. The highest BCUT2D eigenvalue weighted by atomic mass is 16.8. The number of hydrogen-bond donors (Lipinski definition) is 4. The van der Waals surface area contributed by atoms with Gasteiger partial charge in [-0.2, -0.15) is 0 Å². The van der Waals surface area contributed by atoms with Crippen LogP contribution in [0.25, 0.3) is 0 Å². The second-order valence-electron chi connectivity index (χ2n) is 7.80. The van der Waals surface area contributed by atoms with Crippen molar-refractivity contribution in [1.82, 2.24) is 16.0 Å². The van der Waals surface area contributed by atoms with Gasteiger partial charge in [0.15, 0.2) is 0 Å². The second kappa shape index (κ2) is 9.58. The highest BCUT2D eigenvalue weighted by Gasteiger charge is 2.43. The lowest BCUT2D eigenvalue weighted by Crippen LogP contribution is -2.64. The fraction of sp³-hybridized carbons (Fsp3) is 0.400. The Bertz CT molecular complexity index is 891. The third-order valence-corrected chi connectivity index (χ3v) is 4.36. The summed E-state index contributed by atoms with van der Waals surface area (Å²) in [7, 11) is 0. The number of amides is 3. The van der Waals surface area contributed by atoms with Crippen molar-refractivity contribution in [1.29, 1.82) is 0 Å². The van der Waals surface area contributed by atoms with E-state index < -0.39 is 41.9 Å². The molecular formula is C20H25N4O7-. The van der Waals surface area contributed by atoms with Crippen LogP contribution in [-0.2, 0) is 19.1 Å². The fourth-order valence-corrected chi connectivity index (χ4v) is 2.86. The number of nitrogens with zero attached hydrogens (tertiary/aromatic N) is 1. The molecule has 1 saturated heterocycles. The third kappa shape index (κ3) is 6.27. The molecule has 0 bridgehead atoms. The molecule has 31 heavy (non-hydrogen) atoms. The van der Waals surface area contributed by atoms with Crippen molar-refractivity contribution >= 4 is 29.4 Å². The maximum atomic E-state index is 12.4. The van der Waals surface area contributed by atoms with E-state index in [0.717, 1.165) is 0 Å². The van der Waals surface area contributed by atoms with Crippen molar-refractivity contribution in [3.05, 3.63) is 46.8 Å². The van der Waals surface area contributed by atoms with Gasteiger partial charge in [-0.15, -0.1) is 0 Å². The van der Waals surface area contributed by atoms with Crippen LogP contribution in [0.5, 0.6) is 0 Å². The predicted molar refractivity (Wildman–Crippen MR) is 110 cm³/mol. The van der Waals surface area contributed by atoms with Crippen LogP contribution in [-0.4, -0.2) is 47.1 Å². The number of allylic oxidation sites excluding steroid dienone is 1. The normalized spacial score (nSPS) is 17.8. The molecule has 1 aromatic carbocycles. The van der Waals surface area contributed by atoms with Crippen LogP contribution in [0, 0.1) is 11.1 Å². The van der Waals surface area contributed by atoms with E-state index in [4.69, 9.17) is 9.94 Å². The number of esters is 1. The van der Waals surface area contributed by atoms with E-state index in [9.17, 15) is 24.4 Å². The highest BCUT2D eigenvalue weighted by Crippen LogP contribution is 2.19. The molecule has 0 saturated carbocycles. The maximum Gasteiger partial charge on any atom is 0.326 e. The lowest BCUT2D eigenvalue weighted by atomic mass is 9.95. The van der Waals surface area contributed by atoms with Gasteiger partial charge in [0.25, 0.3) is 17.7 Å². The second-order valence-corrected chi connectivity index (χ2v) is 7.80. The summed E-state index contributed by atoms with van der Waals surface area (Å²) < 4.78 is 5.32. The molecule has 2 rings (SSSR count). The number of hydrogen-bond acceptors (Lipinski definition) is 8. The average molecular weight is 433 g/mol. The number of carbonyl (C=O) groups is 4. The van der Waals surface area contributed by atoms with Gasteiger partial charge in [0.05, 0.1) is 5.69 Å². The molecule has 0 radical (unpaired) electrons. The minimum Gasteiger partial charge on any atom is -0.733 e. The summed E-state index contributed by atoms with van der Waals surface area (Å²) >= 11 is 0. The number of piperazine rings is 1. The molecule has 0 aliphatic carbocycles. The van der Waals surface area contributed by atoms with Crippen LogP contribution in [0.2, 0.25) is 0 Å². The monoisotopic (exact) mass is 433 g/mol. The van der Waals surface area contributed by atoms with Crippen LogP contribution >= 0.6 is 0 Å². The molecule has 0 aromatic heterocycles. The molecule has 1 unspecified atom stereocenters. The first kappa shape index (κ1) is 23.8. The number of carbonyl (C=O) groups excluding carboxylic acids is 4. The van der Waals surface area contributed by atoms with E-state index in [2.05, 4.69) is 16.0 Å². The number of benzene rings is 1. The third-order valence-electron chi connectivity index (χ3n) is 4.36. The van der Waals surface area contributed by atoms with Gasteiger partial charge >= 0.3 is 5.97 Å². The van der Waals surface area contributed by atoms with Gasteiger partial charge in [-0.3, -0.25) is 24.4 Å². The zero-order valence-corrected chi connectivity index (χ0v) is 17.6. The Kier molecular flexibility index (Phi) is 7.37. The summed E-state index contributed by atoms with van der Waals surface area (Å²) in [6.45, 7) is 6.17. The van der Waals surface area contributed by atoms with Crippen LogP contribution < -0.4 is 21.2 Å². The molecule has 1 aliphatic rings. The molecule has 1 aliphatic heterocycles. The van der Waals surface area contributed by atoms with E-state index in [1.54, 1.807) is 6.08 Å². The number of rotatable bonds is 7. The first-order chi connectivity index (χ1) is 14.4. The molecule has 1 fully saturated rings. The van der Waals surface area contributed by atoms with Crippen molar-refractivity contribution in [2.45, 2.75) is 39.3 Å². The van der Waals surface area contributed by atoms with Gasteiger partial charge in [-0.05, 0) is 44.0 Å². The average Bonchev–Trinajstić information content (AvgIpc) is 2.67. The Morgan fingerprint density at radius 2 is 1.90 bits per heavy atom. The van der Waals surface area contributed by atoms with Crippen LogP contribution in [0.4, 0.5) is 5.69 Å². The Morgan fingerprint density at radius 3 is 2.45 bits per heavy atom. The first-order valence-electron chi connectivity index (χ1n) is 9.50. The lowest BCUT2D eigenvalue weighted by Gasteiger charge is -2.36. The molecule has 1 atom stereocenters. The largest absolute Gasteiger partial charge is 0.733 e. The zero-order chi connectivity index (χ0) is 23.3.